The van der Waals surface area contributed by atoms with Crippen LogP contribution in [0.2, 0.25) is 0 Å². The van der Waals surface area contributed by atoms with Crippen molar-refractivity contribution in [3.05, 3.63) is 24.3 Å². The Morgan fingerprint density at radius 3 is 2.19 bits per heavy atom. The Balaban J connectivity index is 2.24. The Morgan fingerprint density at radius 2 is 1.71 bits per heavy atom. The zero-order valence-electron chi connectivity index (χ0n) is 13.2. The molecule has 1 aromatic rings. The number of rotatable bonds is 4. The van der Waals surface area contributed by atoms with Crippen molar-refractivity contribution in [1.29, 1.82) is 0 Å². The summed E-state index contributed by atoms with van der Waals surface area (Å²) >= 11 is 0. The van der Waals surface area contributed by atoms with Gasteiger partial charge in [0.25, 0.3) is 0 Å². The van der Waals surface area contributed by atoms with Crippen molar-refractivity contribution in [2.24, 2.45) is 0 Å². The van der Waals surface area contributed by atoms with E-state index in [4.69, 9.17) is 4.74 Å². The number of nitrogens with one attached hydrogen (secondary N) is 2. The molecule has 1 atom stereocenters. The Morgan fingerprint density at radius 1 is 1.14 bits per heavy atom. The summed E-state index contributed by atoms with van der Waals surface area (Å²) in [6, 6.07) is 7.41. The van der Waals surface area contributed by atoms with Crippen LogP contribution in [0, 0.1) is 0 Å². The molecular weight excluding hydrogens is 288 g/mol. The van der Waals surface area contributed by atoms with Crippen molar-refractivity contribution in [3.63, 3.8) is 0 Å². The molecule has 1 heterocycles. The third-order valence-electron chi connectivity index (χ3n) is 3.63. The van der Waals surface area contributed by atoms with Crippen molar-refractivity contribution >= 4 is 21.4 Å². The van der Waals surface area contributed by atoms with E-state index in [1.807, 2.05) is 26.0 Å². The highest BCUT2D eigenvalue weighted by atomic mass is 32.2. The van der Waals surface area contributed by atoms with Crippen LogP contribution in [-0.2, 0) is 14.8 Å². The van der Waals surface area contributed by atoms with Gasteiger partial charge >= 0.3 is 0 Å². The van der Waals surface area contributed by atoms with E-state index in [-0.39, 0.29) is 17.2 Å². The molecule has 2 rings (SSSR count). The van der Waals surface area contributed by atoms with Gasteiger partial charge in [0.15, 0.2) is 0 Å². The minimum absolute atomic E-state index is 0.106. The first-order valence-corrected chi connectivity index (χ1v) is 8.91. The third-order valence-corrected chi connectivity index (χ3v) is 4.22. The predicted molar refractivity (Wildman–Crippen MR) is 86.2 cm³/mol. The fourth-order valence-corrected chi connectivity index (χ4v) is 3.45. The van der Waals surface area contributed by atoms with Gasteiger partial charge in [-0.25, -0.2) is 8.42 Å². The maximum absolute atomic E-state index is 11.5. The number of hydrogen-bond acceptors (Lipinski definition) is 4. The number of ether oxygens (including phenoxy) is 1. The Kier molecular flexibility index (Phi) is 3.97. The van der Waals surface area contributed by atoms with Crippen LogP contribution >= 0.6 is 0 Å². The first kappa shape index (κ1) is 16.1. The summed E-state index contributed by atoms with van der Waals surface area (Å²) in [5, 5.41) is 3.43. The van der Waals surface area contributed by atoms with Crippen molar-refractivity contribution in [2.45, 2.75) is 51.4 Å². The summed E-state index contributed by atoms with van der Waals surface area (Å²) in [6.07, 6.45) is 2.00. The first-order chi connectivity index (χ1) is 9.49. The van der Waals surface area contributed by atoms with Gasteiger partial charge in [0.05, 0.1) is 34.9 Å². The highest BCUT2D eigenvalue weighted by molar-refractivity contribution is 7.92. The molecule has 21 heavy (non-hydrogen) atoms. The maximum atomic E-state index is 11.5. The van der Waals surface area contributed by atoms with Crippen molar-refractivity contribution in [2.75, 3.05) is 16.3 Å². The van der Waals surface area contributed by atoms with E-state index in [1.54, 1.807) is 12.1 Å². The summed E-state index contributed by atoms with van der Waals surface area (Å²) in [5.74, 6) is 0. The van der Waals surface area contributed by atoms with Crippen LogP contribution in [0.15, 0.2) is 24.3 Å². The van der Waals surface area contributed by atoms with E-state index in [0.29, 0.717) is 5.69 Å². The third kappa shape index (κ3) is 4.11. The quantitative estimate of drug-likeness (QED) is 0.897. The van der Waals surface area contributed by atoms with Gasteiger partial charge in [0.1, 0.15) is 0 Å². The highest BCUT2D eigenvalue weighted by Gasteiger charge is 2.45. The van der Waals surface area contributed by atoms with Gasteiger partial charge in [-0.3, -0.25) is 4.72 Å². The lowest BCUT2D eigenvalue weighted by Crippen LogP contribution is -2.38. The molecule has 1 fully saturated rings. The molecule has 0 radical (unpaired) electrons. The average molecular weight is 312 g/mol. The predicted octanol–water partition coefficient (Wildman–Crippen LogP) is 2.82. The molecule has 1 aliphatic rings. The van der Waals surface area contributed by atoms with Gasteiger partial charge in [-0.1, -0.05) is 12.1 Å². The molecule has 1 saturated heterocycles. The van der Waals surface area contributed by atoms with Crippen LogP contribution in [0.3, 0.4) is 0 Å². The molecule has 0 aliphatic carbocycles. The fourth-order valence-electron chi connectivity index (χ4n) is 2.87. The first-order valence-electron chi connectivity index (χ1n) is 7.02. The normalized spacial score (nSPS) is 23.8. The topological polar surface area (TPSA) is 67.4 Å². The van der Waals surface area contributed by atoms with Crippen molar-refractivity contribution in [1.82, 2.24) is 0 Å². The minimum Gasteiger partial charge on any atom is -0.378 e. The second-order valence-corrected chi connectivity index (χ2v) is 8.53. The van der Waals surface area contributed by atoms with Gasteiger partial charge < -0.3 is 10.1 Å². The Labute approximate surface area is 127 Å². The minimum atomic E-state index is -3.31. The zero-order chi connectivity index (χ0) is 15.9. The lowest BCUT2D eigenvalue weighted by atomic mass is 9.94. The van der Waals surface area contributed by atoms with Crippen molar-refractivity contribution in [3.8, 4) is 0 Å². The van der Waals surface area contributed by atoms with Crippen LogP contribution in [0.4, 0.5) is 11.4 Å². The molecule has 0 bridgehead atoms. The van der Waals surface area contributed by atoms with E-state index in [1.165, 1.54) is 0 Å². The molecule has 1 aromatic carbocycles. The molecular formula is C15H24N2O3S. The van der Waals surface area contributed by atoms with E-state index in [9.17, 15) is 8.42 Å². The summed E-state index contributed by atoms with van der Waals surface area (Å²) < 4.78 is 31.5. The zero-order valence-corrected chi connectivity index (χ0v) is 14.0. The molecule has 0 saturated carbocycles. The molecule has 1 aliphatic heterocycles. The smallest absolute Gasteiger partial charge is 0.229 e. The molecule has 0 aromatic heterocycles. The molecule has 6 heteroatoms. The molecule has 5 nitrogen and oxygen atoms in total. The van der Waals surface area contributed by atoms with Crippen LogP contribution in [0.5, 0.6) is 0 Å². The molecule has 2 N–H and O–H groups in total. The SMILES string of the molecule is CC1(C)CC(Nc2ccccc2NS(C)(=O)=O)C(C)(C)O1. The average Bonchev–Trinajstić information content (AvgIpc) is 2.47. The van der Waals surface area contributed by atoms with Gasteiger partial charge in [-0.05, 0) is 46.2 Å². The standard InChI is InChI=1S/C15H24N2O3S/c1-14(2)10-13(15(3,4)20-14)16-11-8-6-7-9-12(11)17-21(5,18)19/h6-9,13,16-17H,10H2,1-5H3. The largest absolute Gasteiger partial charge is 0.378 e. The second kappa shape index (κ2) is 5.18. The summed E-state index contributed by atoms with van der Waals surface area (Å²) in [5.41, 5.74) is 0.810. The number of benzene rings is 1. The van der Waals surface area contributed by atoms with Crippen LogP contribution < -0.4 is 10.0 Å². The van der Waals surface area contributed by atoms with E-state index >= 15 is 0 Å². The fraction of sp³-hybridized carbons (Fsp3) is 0.600. The molecule has 1 unspecified atom stereocenters. The number of sulfonamides is 1. The summed E-state index contributed by atoms with van der Waals surface area (Å²) in [6.45, 7) is 8.23. The van der Waals surface area contributed by atoms with Gasteiger partial charge in [-0.15, -0.1) is 0 Å². The van der Waals surface area contributed by atoms with Gasteiger partial charge in [0.2, 0.25) is 10.0 Å². The van der Waals surface area contributed by atoms with E-state index < -0.39 is 10.0 Å². The monoisotopic (exact) mass is 312 g/mol. The highest BCUT2D eigenvalue weighted by Crippen LogP contribution is 2.39. The summed E-state index contributed by atoms with van der Waals surface area (Å²) in [7, 11) is -3.31. The van der Waals surface area contributed by atoms with Crippen molar-refractivity contribution < 1.29 is 13.2 Å². The molecule has 0 amide bonds. The van der Waals surface area contributed by atoms with Crippen LogP contribution in [-0.4, -0.2) is 31.9 Å². The van der Waals surface area contributed by atoms with Crippen LogP contribution in [0.25, 0.3) is 0 Å². The lowest BCUT2D eigenvalue weighted by molar-refractivity contribution is -0.0662. The summed E-state index contributed by atoms with van der Waals surface area (Å²) in [4.78, 5) is 0. The lowest BCUT2D eigenvalue weighted by Gasteiger charge is -2.29. The van der Waals surface area contributed by atoms with Gasteiger partial charge in [0, 0.05) is 0 Å². The van der Waals surface area contributed by atoms with Gasteiger partial charge in [-0.2, -0.15) is 0 Å². The van der Waals surface area contributed by atoms with Crippen LogP contribution in [0.1, 0.15) is 34.1 Å². The molecule has 118 valence electrons. The Hall–Kier alpha value is -1.27. The second-order valence-electron chi connectivity index (χ2n) is 6.79. The molecule has 0 spiro atoms. The number of anilines is 2. The van der Waals surface area contributed by atoms with E-state index in [0.717, 1.165) is 18.4 Å². The maximum Gasteiger partial charge on any atom is 0.229 e. The number of para-hydroxylation sites is 2. The van der Waals surface area contributed by atoms with E-state index in [2.05, 4.69) is 23.9 Å². The number of hydrogen-bond donors (Lipinski definition) is 2. The Bertz CT molecular complexity index is 624.